The number of aromatic hydroxyl groups is 1. The second-order valence-electron chi connectivity index (χ2n) is 5.66. The molecule has 0 unspecified atom stereocenters. The Labute approximate surface area is 161 Å². The summed E-state index contributed by atoms with van der Waals surface area (Å²) in [6.45, 7) is 0. The van der Waals surface area contributed by atoms with Gasteiger partial charge in [0.2, 0.25) is 11.8 Å². The molecule has 0 fully saturated rings. The Kier molecular flexibility index (Phi) is 7.26. The first kappa shape index (κ1) is 20.6. The highest BCUT2D eigenvalue weighted by Gasteiger charge is 2.11. The van der Waals surface area contributed by atoms with Crippen LogP contribution in [0.5, 0.6) is 5.75 Å². The minimum atomic E-state index is -1.12. The highest BCUT2D eigenvalue weighted by Crippen LogP contribution is 2.26. The molecule has 2 rings (SSSR count). The molecule has 0 aromatic heterocycles. The fourth-order valence-corrected chi connectivity index (χ4v) is 2.21. The molecule has 0 aliphatic heterocycles. The molecule has 1 radical (unpaired) electrons. The molecule has 28 heavy (non-hydrogen) atoms. The molecule has 0 atom stereocenters. The summed E-state index contributed by atoms with van der Waals surface area (Å²) in [6, 6.07) is 10.5. The van der Waals surface area contributed by atoms with Crippen LogP contribution in [-0.4, -0.2) is 42.5 Å². The molecule has 0 aliphatic carbocycles. The molecule has 0 spiro atoms. The number of benzene rings is 2. The third kappa shape index (κ3) is 5.94. The second kappa shape index (κ2) is 9.86. The van der Waals surface area contributed by atoms with Crippen molar-refractivity contribution in [2.24, 2.45) is 10.2 Å². The molecule has 0 bridgehead atoms. The van der Waals surface area contributed by atoms with Crippen molar-refractivity contribution in [3.05, 3.63) is 53.6 Å². The zero-order valence-electron chi connectivity index (χ0n) is 15.0. The summed E-state index contributed by atoms with van der Waals surface area (Å²) in [5.41, 5.74) is 0.853. The van der Waals surface area contributed by atoms with Crippen LogP contribution in [-0.2, 0) is 16.0 Å². The van der Waals surface area contributed by atoms with E-state index in [2.05, 4.69) is 20.8 Å². The van der Waals surface area contributed by atoms with Gasteiger partial charge in [-0.2, -0.15) is 5.11 Å². The molecule has 10 heteroatoms. The predicted octanol–water partition coefficient (Wildman–Crippen LogP) is 1.95. The molecule has 2 aromatic carbocycles. The number of amides is 2. The molecule has 0 heterocycles. The lowest BCUT2D eigenvalue weighted by atomic mass is 9.88. The Morgan fingerprint density at radius 3 is 2.54 bits per heavy atom. The van der Waals surface area contributed by atoms with Crippen LogP contribution in [0.15, 0.2) is 52.7 Å². The van der Waals surface area contributed by atoms with E-state index in [1.807, 2.05) is 0 Å². The van der Waals surface area contributed by atoms with E-state index in [1.165, 1.54) is 44.8 Å². The summed E-state index contributed by atoms with van der Waals surface area (Å²) >= 11 is 0. The predicted molar refractivity (Wildman–Crippen MR) is 102 cm³/mol. The Hall–Kier alpha value is -3.69. The molecule has 9 nitrogen and oxygen atoms in total. The number of carboxylic acids is 1. The first-order chi connectivity index (χ1) is 13.4. The van der Waals surface area contributed by atoms with Crippen LogP contribution in [0, 0.1) is 0 Å². The van der Waals surface area contributed by atoms with E-state index in [1.54, 1.807) is 12.1 Å². The van der Waals surface area contributed by atoms with E-state index in [0.717, 1.165) is 0 Å². The maximum absolute atomic E-state index is 11.9. The average Bonchev–Trinajstić information content (AvgIpc) is 2.68. The van der Waals surface area contributed by atoms with E-state index in [4.69, 9.17) is 5.11 Å². The van der Waals surface area contributed by atoms with Crippen molar-refractivity contribution < 1.29 is 24.6 Å². The summed E-state index contributed by atoms with van der Waals surface area (Å²) in [7, 11) is 2.82. The number of phenols is 1. The van der Waals surface area contributed by atoms with E-state index in [0.29, 0.717) is 11.3 Å². The smallest absolute Gasteiger partial charge is 0.337 e. The summed E-state index contributed by atoms with van der Waals surface area (Å²) in [6.07, 6.45) is -0.101. The number of carbonyl (C=O) groups excluding carboxylic acids is 2. The standard InChI is InChI=1S/C18H18BN4O5/c1-20-17(26)10-19-21-16(25)9-11-8-12(6-7-15(11)24)22-23-14-5-3-2-4-13(14)18(27)28/h2-8,24H,9-10H2,1H3,(H,20,26)(H,21,25)(H,27,28). The largest absolute Gasteiger partial charge is 0.508 e. The Morgan fingerprint density at radius 2 is 1.82 bits per heavy atom. The van der Waals surface area contributed by atoms with E-state index < -0.39 is 11.9 Å². The number of nitrogens with zero attached hydrogens (tertiary/aromatic N) is 2. The van der Waals surface area contributed by atoms with Gasteiger partial charge in [-0.1, -0.05) is 12.1 Å². The highest BCUT2D eigenvalue weighted by molar-refractivity contribution is 6.42. The number of aromatic carboxylic acids is 1. The number of hydrogen-bond acceptors (Lipinski definition) is 6. The number of carbonyl (C=O) groups is 3. The lowest BCUT2D eigenvalue weighted by molar-refractivity contribution is -0.118. The fourth-order valence-electron chi connectivity index (χ4n) is 2.21. The lowest BCUT2D eigenvalue weighted by Gasteiger charge is -2.06. The first-order valence-electron chi connectivity index (χ1n) is 8.28. The van der Waals surface area contributed by atoms with E-state index in [9.17, 15) is 19.5 Å². The number of phenolic OH excluding ortho intramolecular Hbond substituents is 1. The Bertz CT molecular complexity index is 917. The summed E-state index contributed by atoms with van der Waals surface area (Å²) in [4.78, 5) is 34.2. The van der Waals surface area contributed by atoms with Gasteiger partial charge in [0, 0.05) is 18.9 Å². The van der Waals surface area contributed by atoms with Gasteiger partial charge in [0.15, 0.2) is 0 Å². The molecule has 2 amide bonds. The van der Waals surface area contributed by atoms with Crippen LogP contribution in [0.2, 0.25) is 6.32 Å². The summed E-state index contributed by atoms with van der Waals surface area (Å²) in [5, 5.41) is 31.9. The van der Waals surface area contributed by atoms with Crippen molar-refractivity contribution in [1.29, 1.82) is 0 Å². The molecule has 143 valence electrons. The van der Waals surface area contributed by atoms with Gasteiger partial charge in [-0.25, -0.2) is 4.79 Å². The topological polar surface area (TPSA) is 140 Å². The second-order valence-corrected chi connectivity index (χ2v) is 5.66. The van der Waals surface area contributed by atoms with Gasteiger partial charge in [0.05, 0.1) is 17.7 Å². The van der Waals surface area contributed by atoms with Gasteiger partial charge in [0.25, 0.3) is 7.41 Å². The SMILES string of the molecule is CNC(=O)C[B]NC(=O)Cc1cc(N=Nc2ccccc2C(=O)O)ccc1O. The van der Waals surface area contributed by atoms with Crippen molar-refractivity contribution in [3.8, 4) is 5.75 Å². The van der Waals surface area contributed by atoms with Crippen molar-refractivity contribution in [3.63, 3.8) is 0 Å². The first-order valence-corrected chi connectivity index (χ1v) is 8.28. The summed E-state index contributed by atoms with van der Waals surface area (Å²) < 4.78 is 0. The molecule has 2 aromatic rings. The van der Waals surface area contributed by atoms with Gasteiger partial charge < -0.3 is 20.8 Å². The third-order valence-corrected chi connectivity index (χ3v) is 3.65. The van der Waals surface area contributed by atoms with Crippen LogP contribution in [0.3, 0.4) is 0 Å². The van der Waals surface area contributed by atoms with Crippen LogP contribution >= 0.6 is 0 Å². The molecular formula is C18H18BN4O5. The maximum Gasteiger partial charge on any atom is 0.337 e. The fraction of sp³-hybridized carbons (Fsp3) is 0.167. The minimum absolute atomic E-state index is 0.0104. The average molecular weight is 381 g/mol. The molecule has 0 saturated carbocycles. The van der Waals surface area contributed by atoms with Gasteiger partial charge in [0.1, 0.15) is 11.4 Å². The monoisotopic (exact) mass is 381 g/mol. The van der Waals surface area contributed by atoms with Crippen LogP contribution in [0.25, 0.3) is 0 Å². The van der Waals surface area contributed by atoms with Gasteiger partial charge in [-0.3, -0.25) is 9.59 Å². The number of carboxylic acid groups (broad SMARTS) is 1. The van der Waals surface area contributed by atoms with Crippen molar-refractivity contribution in [2.75, 3.05) is 7.05 Å². The zero-order chi connectivity index (χ0) is 20.5. The van der Waals surface area contributed by atoms with Crippen molar-refractivity contribution in [1.82, 2.24) is 10.5 Å². The minimum Gasteiger partial charge on any atom is -0.508 e. The molecule has 4 N–H and O–H groups in total. The molecule has 0 saturated heterocycles. The quantitative estimate of drug-likeness (QED) is 0.409. The maximum atomic E-state index is 11.9. The Morgan fingerprint density at radius 1 is 1.07 bits per heavy atom. The van der Waals surface area contributed by atoms with Crippen LogP contribution in [0.4, 0.5) is 11.4 Å². The van der Waals surface area contributed by atoms with Crippen molar-refractivity contribution in [2.45, 2.75) is 12.7 Å². The van der Waals surface area contributed by atoms with Gasteiger partial charge in [-0.05, 0) is 30.3 Å². The Balaban J connectivity index is 2.08. The van der Waals surface area contributed by atoms with Gasteiger partial charge in [-0.15, -0.1) is 5.11 Å². The molecule has 0 aliphatic rings. The van der Waals surface area contributed by atoms with E-state index >= 15 is 0 Å². The van der Waals surface area contributed by atoms with Crippen molar-refractivity contribution >= 4 is 36.6 Å². The normalized spacial score (nSPS) is 10.5. The van der Waals surface area contributed by atoms with E-state index in [-0.39, 0.29) is 35.6 Å². The lowest BCUT2D eigenvalue weighted by Crippen LogP contribution is -2.32. The van der Waals surface area contributed by atoms with Gasteiger partial charge >= 0.3 is 5.97 Å². The number of hydrogen-bond donors (Lipinski definition) is 4. The number of rotatable bonds is 8. The third-order valence-electron chi connectivity index (χ3n) is 3.65. The highest BCUT2D eigenvalue weighted by atomic mass is 16.4. The number of azo groups is 1. The summed E-state index contributed by atoms with van der Waals surface area (Å²) in [5.74, 6) is -1.87. The molecular weight excluding hydrogens is 363 g/mol. The number of nitrogens with one attached hydrogen (secondary N) is 2. The van der Waals surface area contributed by atoms with Crippen LogP contribution in [0.1, 0.15) is 15.9 Å². The zero-order valence-corrected chi connectivity index (χ0v) is 15.0. The van der Waals surface area contributed by atoms with Crippen LogP contribution < -0.4 is 10.5 Å².